The van der Waals surface area contributed by atoms with Gasteiger partial charge in [0.1, 0.15) is 11.4 Å². The summed E-state index contributed by atoms with van der Waals surface area (Å²) < 4.78 is 22.6. The fourth-order valence-electron chi connectivity index (χ4n) is 9.55. The number of allylic oxidation sites excluding steroid dienone is 1. The van der Waals surface area contributed by atoms with Crippen LogP contribution in [-0.4, -0.2) is 87.2 Å². The van der Waals surface area contributed by atoms with Gasteiger partial charge in [0.25, 0.3) is 5.91 Å². The first-order chi connectivity index (χ1) is 25.1. The van der Waals surface area contributed by atoms with E-state index in [1.807, 2.05) is 25.3 Å². The molecule has 4 aliphatic heterocycles. The number of nitrogens with zero attached hydrogens (tertiary/aromatic N) is 2. The lowest BCUT2D eigenvalue weighted by Gasteiger charge is -2.52. The van der Waals surface area contributed by atoms with Gasteiger partial charge in [0.2, 0.25) is 0 Å². The summed E-state index contributed by atoms with van der Waals surface area (Å²) >= 11 is 6.52. The molecule has 9 heteroatoms. The summed E-state index contributed by atoms with van der Waals surface area (Å²) in [7, 11) is 1.40. The number of carbonyl (C=O) groups excluding carboxylic acids is 1. The number of carbonyl (C=O) groups is 1. The molecule has 2 saturated heterocycles. The first-order valence-corrected chi connectivity index (χ1v) is 21.6. The lowest BCUT2D eigenvalue weighted by atomic mass is 9.63. The molecule has 5 aliphatic rings. The van der Waals surface area contributed by atoms with Crippen molar-refractivity contribution in [2.24, 2.45) is 23.2 Å². The van der Waals surface area contributed by atoms with E-state index in [0.29, 0.717) is 35.3 Å². The SMILES string of the molecule is C=S1NC(=O)c2ccc3c(c2)N(CC(c2ccc(Cl)cc2CCC)CO3)CC2CCC2C(CN2CCC3(CCOC3)CC2)(OC)/C=C/CC(C)C1C. The average Bonchev–Trinajstić information content (AvgIpc) is 3.51. The van der Waals surface area contributed by atoms with Crippen LogP contribution in [0.2, 0.25) is 5.02 Å². The molecular formula is C43H60ClN3O4S. The van der Waals surface area contributed by atoms with Gasteiger partial charge in [0.05, 0.1) is 18.9 Å². The highest BCUT2D eigenvalue weighted by atomic mass is 35.5. The van der Waals surface area contributed by atoms with Crippen molar-refractivity contribution in [2.45, 2.75) is 88.9 Å². The maximum absolute atomic E-state index is 13.7. The van der Waals surface area contributed by atoms with E-state index in [2.05, 4.69) is 71.5 Å². The molecular weight excluding hydrogens is 690 g/mol. The maximum Gasteiger partial charge on any atom is 0.260 e. The number of hydrogen-bond acceptors (Lipinski definition) is 6. The molecule has 7 unspecified atom stereocenters. The number of halogens is 1. The van der Waals surface area contributed by atoms with Gasteiger partial charge in [-0.2, -0.15) is 0 Å². The highest BCUT2D eigenvalue weighted by Crippen LogP contribution is 2.48. The number of fused-ring (bicyclic) bond motifs is 2. The van der Waals surface area contributed by atoms with Gasteiger partial charge in [0.15, 0.2) is 0 Å². The molecule has 0 radical (unpaired) electrons. The Hall–Kier alpha value is -2.36. The van der Waals surface area contributed by atoms with Gasteiger partial charge in [-0.3, -0.25) is 4.79 Å². The number of hydrogen-bond donors (Lipinski definition) is 1. The molecule has 4 heterocycles. The Kier molecular flexibility index (Phi) is 11.8. The number of aryl methyl sites for hydroxylation is 1. The fourth-order valence-corrected chi connectivity index (χ4v) is 11.0. The molecule has 7 atom stereocenters. The standard InChI is InChI=1S/C43H60ClN3O4S/c1-6-8-32-23-36(44)12-13-37(32)35-26-47-25-34-10-14-38(34)43(49-4,28-46-20-17-42(18-21-46)19-22-50-29-42)16-7-9-30(2)31(3)52(5)45-41(48)33-11-15-40(51-27-35)39(47)24-33/h7,11-13,15-16,23-24,30-31,34-35,38H,5-6,8-10,14,17-22,25-29H2,1-4H3,(H,45,48)/b16-7+. The van der Waals surface area contributed by atoms with Crippen LogP contribution in [0, 0.1) is 23.2 Å². The van der Waals surface area contributed by atoms with Crippen LogP contribution < -0.4 is 14.4 Å². The minimum atomic E-state index is -0.541. The Morgan fingerprint density at radius 3 is 2.63 bits per heavy atom. The van der Waals surface area contributed by atoms with Crippen molar-refractivity contribution in [1.82, 2.24) is 9.62 Å². The molecule has 1 aliphatic carbocycles. The molecule has 1 spiro atoms. The third-order valence-electron chi connectivity index (χ3n) is 13.3. The van der Waals surface area contributed by atoms with Crippen LogP contribution in [0.15, 0.2) is 48.6 Å². The van der Waals surface area contributed by atoms with E-state index in [-0.39, 0.29) is 22.7 Å². The highest BCUT2D eigenvalue weighted by molar-refractivity contribution is 8.13. The number of rotatable bonds is 6. The Labute approximate surface area is 319 Å². The predicted molar refractivity (Wildman–Crippen MR) is 216 cm³/mol. The van der Waals surface area contributed by atoms with Crippen LogP contribution in [-0.2, 0) is 15.9 Å². The molecule has 7 nitrogen and oxygen atoms in total. The Balaban J connectivity index is 1.24. The number of piperidine rings is 1. The van der Waals surface area contributed by atoms with E-state index in [9.17, 15) is 4.79 Å². The monoisotopic (exact) mass is 749 g/mol. The second-order valence-corrected chi connectivity index (χ2v) is 18.8. The summed E-state index contributed by atoms with van der Waals surface area (Å²) in [6.07, 6.45) is 13.7. The van der Waals surface area contributed by atoms with Gasteiger partial charge >= 0.3 is 0 Å². The van der Waals surface area contributed by atoms with Crippen molar-refractivity contribution >= 4 is 39.7 Å². The van der Waals surface area contributed by atoms with Crippen LogP contribution in [0.3, 0.4) is 0 Å². The van der Waals surface area contributed by atoms with E-state index in [0.717, 1.165) is 94.5 Å². The number of amides is 1. The van der Waals surface area contributed by atoms with Crippen LogP contribution in [0.4, 0.5) is 5.69 Å². The zero-order chi connectivity index (χ0) is 36.5. The zero-order valence-corrected chi connectivity index (χ0v) is 33.4. The third kappa shape index (κ3) is 7.89. The van der Waals surface area contributed by atoms with Crippen LogP contribution in [0.5, 0.6) is 5.75 Å². The van der Waals surface area contributed by atoms with Gasteiger partial charge in [-0.25, -0.2) is 0 Å². The van der Waals surface area contributed by atoms with E-state index in [4.69, 9.17) is 25.8 Å². The topological polar surface area (TPSA) is 63.3 Å². The van der Waals surface area contributed by atoms with Gasteiger partial charge in [0, 0.05) is 55.1 Å². The quantitative estimate of drug-likeness (QED) is 0.236. The minimum absolute atomic E-state index is 0.0705. The molecule has 284 valence electrons. The van der Waals surface area contributed by atoms with E-state index in [1.165, 1.54) is 30.4 Å². The van der Waals surface area contributed by atoms with Crippen LogP contribution in [0.1, 0.15) is 93.1 Å². The Bertz CT molecular complexity index is 1630. The molecule has 2 aromatic rings. The summed E-state index contributed by atoms with van der Waals surface area (Å²) in [5.41, 5.74) is 4.26. The van der Waals surface area contributed by atoms with Crippen LogP contribution >= 0.6 is 22.3 Å². The molecule has 1 saturated carbocycles. The predicted octanol–water partition coefficient (Wildman–Crippen LogP) is 8.52. The molecule has 2 bridgehead atoms. The number of benzene rings is 2. The number of methoxy groups -OCH3 is 1. The first kappa shape index (κ1) is 37.9. The van der Waals surface area contributed by atoms with Crippen molar-refractivity contribution < 1.29 is 19.0 Å². The second-order valence-electron chi connectivity index (χ2n) is 16.6. The smallest absolute Gasteiger partial charge is 0.260 e. The van der Waals surface area contributed by atoms with Gasteiger partial charge in [-0.05, 0) is 123 Å². The fraction of sp³-hybridized carbons (Fsp3) is 0.628. The summed E-state index contributed by atoms with van der Waals surface area (Å²) in [6, 6.07) is 12.3. The lowest BCUT2D eigenvalue weighted by Crippen LogP contribution is -2.57. The summed E-state index contributed by atoms with van der Waals surface area (Å²) in [5, 5.41) is 1.00. The van der Waals surface area contributed by atoms with Crippen molar-refractivity contribution in [1.29, 1.82) is 0 Å². The zero-order valence-electron chi connectivity index (χ0n) is 31.8. The molecule has 52 heavy (non-hydrogen) atoms. The summed E-state index contributed by atoms with van der Waals surface area (Å²) in [6.45, 7) is 13.9. The van der Waals surface area contributed by atoms with Gasteiger partial charge in [-0.1, -0.05) is 73.6 Å². The van der Waals surface area contributed by atoms with Crippen molar-refractivity contribution in [3.63, 3.8) is 0 Å². The Morgan fingerprint density at radius 2 is 1.92 bits per heavy atom. The highest BCUT2D eigenvalue weighted by Gasteiger charge is 2.49. The largest absolute Gasteiger partial charge is 0.491 e. The number of nitrogens with one attached hydrogen (secondary N) is 1. The second kappa shape index (κ2) is 16.2. The Morgan fingerprint density at radius 1 is 1.10 bits per heavy atom. The summed E-state index contributed by atoms with van der Waals surface area (Å²) in [5.74, 6) is 6.54. The normalized spacial score (nSPS) is 33.0. The van der Waals surface area contributed by atoms with E-state index < -0.39 is 10.7 Å². The molecule has 3 fully saturated rings. The van der Waals surface area contributed by atoms with Crippen LogP contribution in [0.25, 0.3) is 0 Å². The molecule has 2 aromatic carbocycles. The third-order valence-corrected chi connectivity index (χ3v) is 15.4. The van der Waals surface area contributed by atoms with Crippen molar-refractivity contribution in [3.8, 4) is 5.75 Å². The first-order valence-electron chi connectivity index (χ1n) is 19.8. The molecule has 1 N–H and O–H groups in total. The maximum atomic E-state index is 13.7. The number of ether oxygens (including phenoxy) is 3. The van der Waals surface area contributed by atoms with Crippen molar-refractivity contribution in [2.75, 3.05) is 64.6 Å². The van der Waals surface area contributed by atoms with E-state index in [1.54, 1.807) is 0 Å². The number of likely N-dealkylation sites (tertiary alicyclic amines) is 1. The molecule has 0 aromatic heterocycles. The average molecular weight is 750 g/mol. The minimum Gasteiger partial charge on any atom is -0.491 e. The number of anilines is 1. The van der Waals surface area contributed by atoms with Crippen molar-refractivity contribution in [3.05, 3.63) is 70.3 Å². The summed E-state index contributed by atoms with van der Waals surface area (Å²) in [4.78, 5) is 18.9. The molecule has 7 rings (SSSR count). The molecule has 1 amide bonds. The lowest BCUT2D eigenvalue weighted by molar-refractivity contribution is -0.0971. The van der Waals surface area contributed by atoms with Gasteiger partial charge in [-0.15, -0.1) is 0 Å². The van der Waals surface area contributed by atoms with E-state index >= 15 is 0 Å². The van der Waals surface area contributed by atoms with Gasteiger partial charge < -0.3 is 28.7 Å².